The van der Waals surface area contributed by atoms with Crippen LogP contribution in [0.1, 0.15) is 11.1 Å². The van der Waals surface area contributed by atoms with E-state index in [1.165, 1.54) is 0 Å². The molecule has 0 aliphatic heterocycles. The fourth-order valence-corrected chi connectivity index (χ4v) is 3.80. The first-order chi connectivity index (χ1) is 15.1. The van der Waals surface area contributed by atoms with Gasteiger partial charge in [0.15, 0.2) is 0 Å². The van der Waals surface area contributed by atoms with Gasteiger partial charge in [-0.3, -0.25) is 4.68 Å². The first-order valence-corrected chi connectivity index (χ1v) is 10.3. The molecule has 4 aromatic rings. The summed E-state index contributed by atoms with van der Waals surface area (Å²) in [6.07, 6.45) is 1.83. The van der Waals surface area contributed by atoms with Crippen LogP contribution < -0.4 is 9.47 Å². The molecule has 0 atom stereocenters. The maximum atomic E-state index is 6.90. The van der Waals surface area contributed by atoms with Gasteiger partial charge in [0.2, 0.25) is 0 Å². The van der Waals surface area contributed by atoms with E-state index in [0.717, 1.165) is 45.1 Å². The minimum atomic E-state index is 0.592. The Kier molecular flexibility index (Phi) is 6.10. The number of rotatable bonds is 7. The molecule has 0 unspecified atom stereocenters. The summed E-state index contributed by atoms with van der Waals surface area (Å²) < 4.78 is 12.5. The number of halogens is 1. The first kappa shape index (κ1) is 20.8. The van der Waals surface area contributed by atoms with E-state index in [9.17, 15) is 0 Å². The molecule has 0 radical (unpaired) electrons. The Balaban J connectivity index is 1.80. The molecule has 4 rings (SSSR count). The molecule has 0 bridgehead atoms. The molecule has 1 aromatic heterocycles. The van der Waals surface area contributed by atoms with Crippen LogP contribution in [0.3, 0.4) is 0 Å². The third-order valence-electron chi connectivity index (χ3n) is 5.17. The first-order valence-electron chi connectivity index (χ1n) is 9.89. The highest BCUT2D eigenvalue weighted by molar-refractivity contribution is 6.35. The zero-order valence-electron chi connectivity index (χ0n) is 17.5. The van der Waals surface area contributed by atoms with Crippen molar-refractivity contribution in [3.63, 3.8) is 0 Å². The van der Waals surface area contributed by atoms with Gasteiger partial charge in [-0.05, 0) is 59.7 Å². The van der Waals surface area contributed by atoms with E-state index in [0.29, 0.717) is 11.6 Å². The standard InChI is InChI=1S/C26H23ClN2O2/c1-4-18-5-7-19(8-6-18)17-29-26(21-11-15-23(31-3)16-12-21)24(27)25(28-29)20-9-13-22(30-2)14-10-20/h4-16H,1,17H2,2-3H3. The summed E-state index contributed by atoms with van der Waals surface area (Å²) in [7, 11) is 3.30. The molecule has 5 heteroatoms. The van der Waals surface area contributed by atoms with Crippen molar-refractivity contribution < 1.29 is 9.47 Å². The van der Waals surface area contributed by atoms with Crippen molar-refractivity contribution in [2.24, 2.45) is 0 Å². The van der Waals surface area contributed by atoms with Crippen LogP contribution in [0, 0.1) is 0 Å². The SMILES string of the molecule is C=Cc1ccc(Cn2nc(-c3ccc(OC)cc3)c(Cl)c2-c2ccc(OC)cc2)cc1. The van der Waals surface area contributed by atoms with Crippen molar-refractivity contribution in [2.45, 2.75) is 6.54 Å². The lowest BCUT2D eigenvalue weighted by atomic mass is 10.1. The topological polar surface area (TPSA) is 36.3 Å². The van der Waals surface area contributed by atoms with Gasteiger partial charge in [-0.2, -0.15) is 5.10 Å². The zero-order valence-corrected chi connectivity index (χ0v) is 18.3. The molecule has 156 valence electrons. The molecule has 0 spiro atoms. The minimum absolute atomic E-state index is 0.592. The molecule has 0 aliphatic rings. The third kappa shape index (κ3) is 4.35. The van der Waals surface area contributed by atoms with Crippen LogP contribution in [0.15, 0.2) is 79.4 Å². The summed E-state index contributed by atoms with van der Waals surface area (Å²) >= 11 is 6.90. The van der Waals surface area contributed by atoms with E-state index in [4.69, 9.17) is 26.2 Å². The number of hydrogen-bond donors (Lipinski definition) is 0. The van der Waals surface area contributed by atoms with Crippen molar-refractivity contribution >= 4 is 17.7 Å². The Labute approximate surface area is 187 Å². The highest BCUT2D eigenvalue weighted by atomic mass is 35.5. The highest BCUT2D eigenvalue weighted by Crippen LogP contribution is 2.37. The molecule has 0 saturated carbocycles. The number of benzene rings is 3. The monoisotopic (exact) mass is 430 g/mol. The predicted molar refractivity (Wildman–Crippen MR) is 127 cm³/mol. The Morgan fingerprint density at radius 1 is 0.839 bits per heavy atom. The number of nitrogens with zero attached hydrogens (tertiary/aromatic N) is 2. The maximum absolute atomic E-state index is 6.90. The third-order valence-corrected chi connectivity index (χ3v) is 5.53. The van der Waals surface area contributed by atoms with Gasteiger partial charge in [-0.1, -0.05) is 48.5 Å². The number of methoxy groups -OCH3 is 2. The summed E-state index contributed by atoms with van der Waals surface area (Å²) in [6.45, 7) is 4.41. The van der Waals surface area contributed by atoms with Crippen LogP contribution in [0.4, 0.5) is 0 Å². The van der Waals surface area contributed by atoms with Crippen LogP contribution >= 0.6 is 11.6 Å². The second-order valence-electron chi connectivity index (χ2n) is 7.07. The van der Waals surface area contributed by atoms with E-state index in [1.54, 1.807) is 14.2 Å². The van der Waals surface area contributed by atoms with E-state index in [-0.39, 0.29) is 0 Å². The van der Waals surface area contributed by atoms with Crippen LogP contribution in [-0.4, -0.2) is 24.0 Å². The van der Waals surface area contributed by atoms with Gasteiger partial charge in [0.05, 0.1) is 31.5 Å². The molecule has 0 N–H and O–H groups in total. The van der Waals surface area contributed by atoms with Crippen molar-refractivity contribution in [3.8, 4) is 34.0 Å². The lowest BCUT2D eigenvalue weighted by Gasteiger charge is -2.09. The van der Waals surface area contributed by atoms with Gasteiger partial charge in [-0.15, -0.1) is 0 Å². The average Bonchev–Trinajstić information content (AvgIpc) is 3.15. The summed E-state index contributed by atoms with van der Waals surface area (Å²) in [4.78, 5) is 0. The average molecular weight is 431 g/mol. The van der Waals surface area contributed by atoms with Gasteiger partial charge < -0.3 is 9.47 Å². The van der Waals surface area contributed by atoms with Crippen molar-refractivity contribution in [1.29, 1.82) is 0 Å². The predicted octanol–water partition coefficient (Wildman–Crippen LogP) is 6.58. The van der Waals surface area contributed by atoms with E-state index < -0.39 is 0 Å². The van der Waals surface area contributed by atoms with E-state index in [1.807, 2.05) is 71.4 Å². The van der Waals surface area contributed by atoms with Gasteiger partial charge in [0.25, 0.3) is 0 Å². The molecule has 3 aromatic carbocycles. The van der Waals surface area contributed by atoms with Crippen LogP contribution in [0.2, 0.25) is 5.02 Å². The fourth-order valence-electron chi connectivity index (χ4n) is 3.44. The summed E-state index contributed by atoms with van der Waals surface area (Å²) in [5.41, 5.74) is 5.71. The molecular weight excluding hydrogens is 408 g/mol. The second kappa shape index (κ2) is 9.11. The van der Waals surface area contributed by atoms with Crippen molar-refractivity contribution in [1.82, 2.24) is 9.78 Å². The van der Waals surface area contributed by atoms with Crippen molar-refractivity contribution in [2.75, 3.05) is 14.2 Å². The van der Waals surface area contributed by atoms with Gasteiger partial charge >= 0.3 is 0 Å². The molecule has 0 aliphatic carbocycles. The lowest BCUT2D eigenvalue weighted by Crippen LogP contribution is -2.04. The van der Waals surface area contributed by atoms with Crippen LogP contribution in [-0.2, 0) is 6.54 Å². The fraction of sp³-hybridized carbons (Fsp3) is 0.115. The van der Waals surface area contributed by atoms with Crippen molar-refractivity contribution in [3.05, 3.63) is 95.5 Å². The molecule has 1 heterocycles. The quantitative estimate of drug-likeness (QED) is 0.332. The normalized spacial score (nSPS) is 10.7. The number of hydrogen-bond acceptors (Lipinski definition) is 3. The van der Waals surface area contributed by atoms with Crippen LogP contribution in [0.25, 0.3) is 28.6 Å². The molecule has 4 nitrogen and oxygen atoms in total. The largest absolute Gasteiger partial charge is 0.497 e. The Morgan fingerprint density at radius 3 is 1.90 bits per heavy atom. The van der Waals surface area contributed by atoms with E-state index >= 15 is 0 Å². The second-order valence-corrected chi connectivity index (χ2v) is 7.45. The van der Waals surface area contributed by atoms with Gasteiger partial charge in [0.1, 0.15) is 17.2 Å². The van der Waals surface area contributed by atoms with Crippen LogP contribution in [0.5, 0.6) is 11.5 Å². The Bertz CT molecular complexity index is 1180. The number of aromatic nitrogens is 2. The Morgan fingerprint density at radius 2 is 1.39 bits per heavy atom. The Hall–Kier alpha value is -3.50. The smallest absolute Gasteiger partial charge is 0.118 e. The van der Waals surface area contributed by atoms with E-state index in [2.05, 4.69) is 18.7 Å². The molecular formula is C26H23ClN2O2. The summed E-state index contributed by atoms with van der Waals surface area (Å²) in [5.74, 6) is 1.58. The number of ether oxygens (including phenoxy) is 2. The summed E-state index contributed by atoms with van der Waals surface area (Å²) in [6, 6.07) is 23.8. The molecule has 0 saturated heterocycles. The minimum Gasteiger partial charge on any atom is -0.497 e. The maximum Gasteiger partial charge on any atom is 0.118 e. The van der Waals surface area contributed by atoms with Gasteiger partial charge in [-0.25, -0.2) is 0 Å². The highest BCUT2D eigenvalue weighted by Gasteiger charge is 2.19. The zero-order chi connectivity index (χ0) is 21.8. The summed E-state index contributed by atoms with van der Waals surface area (Å²) in [5, 5.41) is 5.49. The van der Waals surface area contributed by atoms with Gasteiger partial charge in [0, 0.05) is 11.1 Å². The molecule has 0 amide bonds. The molecule has 0 fully saturated rings. The molecule has 31 heavy (non-hydrogen) atoms. The lowest BCUT2D eigenvalue weighted by molar-refractivity contribution is 0.414.